The maximum Gasteiger partial charge on any atom is 0.259 e. The second-order valence-electron chi connectivity index (χ2n) is 7.44. The summed E-state index contributed by atoms with van der Waals surface area (Å²) in [6.07, 6.45) is 7.65. The fraction of sp³-hybridized carbons (Fsp3) is 0.400. The molecule has 0 saturated heterocycles. The van der Waals surface area contributed by atoms with E-state index in [1.54, 1.807) is 30.4 Å². The molecule has 1 fully saturated rings. The van der Waals surface area contributed by atoms with Gasteiger partial charge in [-0.25, -0.2) is 9.67 Å². The monoisotopic (exact) mass is 379 g/mol. The van der Waals surface area contributed by atoms with Crippen LogP contribution in [0.3, 0.4) is 0 Å². The lowest BCUT2D eigenvalue weighted by molar-refractivity contribution is 0.0989. The van der Waals surface area contributed by atoms with Crippen LogP contribution in [0.15, 0.2) is 35.6 Å². The average molecular weight is 379 g/mol. The topological polar surface area (TPSA) is 63.9 Å². The molecule has 7 heteroatoms. The van der Waals surface area contributed by atoms with Crippen LogP contribution in [0.4, 0.5) is 5.69 Å². The van der Waals surface area contributed by atoms with Gasteiger partial charge in [0.25, 0.3) is 5.91 Å². The molecule has 0 radical (unpaired) electrons. The van der Waals surface area contributed by atoms with Gasteiger partial charge >= 0.3 is 0 Å². The molecule has 6 nitrogen and oxygen atoms in total. The van der Waals surface area contributed by atoms with Crippen LogP contribution in [0.25, 0.3) is 11.0 Å². The first-order valence-corrected chi connectivity index (χ1v) is 10.4. The van der Waals surface area contributed by atoms with E-state index in [0.29, 0.717) is 18.0 Å². The summed E-state index contributed by atoms with van der Waals surface area (Å²) in [4.78, 5) is 25.6. The number of pyridine rings is 2. The lowest BCUT2D eigenvalue weighted by Gasteiger charge is -2.28. The van der Waals surface area contributed by atoms with Gasteiger partial charge < -0.3 is 4.90 Å². The maximum atomic E-state index is 13.6. The van der Waals surface area contributed by atoms with Gasteiger partial charge in [0.15, 0.2) is 5.65 Å². The Hall–Kier alpha value is -2.41. The SMILES string of the molecule is CC(C)n1ncc2c(C(=O)N3CCSc4ccncc43)cc(C3CC3)nc21. The van der Waals surface area contributed by atoms with Crippen LogP contribution in [0.2, 0.25) is 0 Å². The first-order valence-electron chi connectivity index (χ1n) is 9.40. The molecule has 3 aromatic heterocycles. The van der Waals surface area contributed by atoms with E-state index in [4.69, 9.17) is 4.98 Å². The predicted octanol–water partition coefficient (Wildman–Crippen LogP) is 4.04. The number of carbonyl (C=O) groups is 1. The highest BCUT2D eigenvalue weighted by atomic mass is 32.2. The highest BCUT2D eigenvalue weighted by Gasteiger charge is 2.31. The van der Waals surface area contributed by atoms with Gasteiger partial charge in [-0.3, -0.25) is 9.78 Å². The van der Waals surface area contributed by atoms with E-state index in [1.165, 1.54) is 0 Å². The Morgan fingerprint density at radius 3 is 2.93 bits per heavy atom. The Balaban J connectivity index is 1.65. The van der Waals surface area contributed by atoms with Gasteiger partial charge in [-0.2, -0.15) is 5.10 Å². The van der Waals surface area contributed by atoms with Crippen molar-refractivity contribution in [3.63, 3.8) is 0 Å². The number of hydrogen-bond donors (Lipinski definition) is 0. The number of amides is 1. The molecule has 1 amide bonds. The number of thioether (sulfide) groups is 1. The molecular weight excluding hydrogens is 358 g/mol. The molecule has 0 unspecified atom stereocenters. The highest BCUT2D eigenvalue weighted by Crippen LogP contribution is 2.41. The molecule has 1 aliphatic heterocycles. The molecule has 0 aromatic carbocycles. The number of fused-ring (bicyclic) bond motifs is 2. The Morgan fingerprint density at radius 2 is 2.15 bits per heavy atom. The molecule has 1 saturated carbocycles. The van der Waals surface area contributed by atoms with Crippen LogP contribution in [0.5, 0.6) is 0 Å². The number of hydrogen-bond acceptors (Lipinski definition) is 5. The van der Waals surface area contributed by atoms with Crippen molar-refractivity contribution in [2.45, 2.75) is 43.5 Å². The average Bonchev–Trinajstić information content (AvgIpc) is 3.45. The molecule has 0 atom stereocenters. The minimum Gasteiger partial charge on any atom is -0.305 e. The van der Waals surface area contributed by atoms with E-state index in [1.807, 2.05) is 21.7 Å². The van der Waals surface area contributed by atoms with E-state index < -0.39 is 0 Å². The minimum absolute atomic E-state index is 0.0159. The second-order valence-corrected chi connectivity index (χ2v) is 8.57. The van der Waals surface area contributed by atoms with Crippen molar-refractivity contribution in [1.82, 2.24) is 19.7 Å². The summed E-state index contributed by atoms with van der Waals surface area (Å²) in [6.45, 7) is 4.86. The highest BCUT2D eigenvalue weighted by molar-refractivity contribution is 7.99. The predicted molar refractivity (Wildman–Crippen MR) is 107 cm³/mol. The molecular formula is C20H21N5OS. The lowest BCUT2D eigenvalue weighted by atomic mass is 10.1. The quantitative estimate of drug-likeness (QED) is 0.687. The Kier molecular flexibility index (Phi) is 3.93. The standard InChI is InChI=1S/C20H21N5OS/c1-12(2)25-19-15(10-22-25)14(9-16(23-19)13-3-4-13)20(26)24-7-8-27-18-5-6-21-11-17(18)24/h5-6,9-13H,3-4,7-8H2,1-2H3. The maximum absolute atomic E-state index is 13.6. The lowest BCUT2D eigenvalue weighted by Crippen LogP contribution is -2.35. The van der Waals surface area contributed by atoms with Crippen LogP contribution in [0.1, 0.15) is 54.7 Å². The van der Waals surface area contributed by atoms with Crippen molar-refractivity contribution >= 4 is 34.4 Å². The molecule has 5 rings (SSSR count). The Labute approximate surface area is 162 Å². The molecule has 3 aromatic rings. The zero-order valence-electron chi connectivity index (χ0n) is 15.4. The van der Waals surface area contributed by atoms with Crippen molar-refractivity contribution < 1.29 is 4.79 Å². The molecule has 0 spiro atoms. The zero-order chi connectivity index (χ0) is 18.5. The van der Waals surface area contributed by atoms with E-state index in [-0.39, 0.29) is 11.9 Å². The number of carbonyl (C=O) groups excluding carboxylic acids is 1. The van der Waals surface area contributed by atoms with Gasteiger partial charge in [-0.15, -0.1) is 11.8 Å². The van der Waals surface area contributed by atoms with E-state index >= 15 is 0 Å². The van der Waals surface area contributed by atoms with Crippen molar-refractivity contribution in [2.75, 3.05) is 17.2 Å². The van der Waals surface area contributed by atoms with Gasteiger partial charge in [0.05, 0.1) is 29.0 Å². The summed E-state index contributed by atoms with van der Waals surface area (Å²) < 4.78 is 1.92. The number of nitrogens with zero attached hydrogens (tertiary/aromatic N) is 5. The van der Waals surface area contributed by atoms with Crippen LogP contribution >= 0.6 is 11.8 Å². The Morgan fingerprint density at radius 1 is 1.30 bits per heavy atom. The molecule has 0 N–H and O–H groups in total. The van der Waals surface area contributed by atoms with Crippen LogP contribution in [-0.2, 0) is 0 Å². The number of anilines is 1. The summed E-state index contributed by atoms with van der Waals surface area (Å²) in [5, 5.41) is 5.35. The van der Waals surface area contributed by atoms with Crippen molar-refractivity contribution in [1.29, 1.82) is 0 Å². The van der Waals surface area contributed by atoms with Crippen LogP contribution < -0.4 is 4.90 Å². The Bertz CT molecular complexity index is 1040. The van der Waals surface area contributed by atoms with Gasteiger partial charge in [-0.1, -0.05) is 0 Å². The summed E-state index contributed by atoms with van der Waals surface area (Å²) in [5.41, 5.74) is 3.44. The normalized spacial score (nSPS) is 16.8. The fourth-order valence-corrected chi connectivity index (χ4v) is 4.56. The molecule has 0 bridgehead atoms. The van der Waals surface area contributed by atoms with Crippen molar-refractivity contribution in [3.8, 4) is 0 Å². The van der Waals surface area contributed by atoms with Crippen molar-refractivity contribution in [3.05, 3.63) is 42.0 Å². The molecule has 2 aliphatic rings. The molecule has 138 valence electrons. The third-order valence-corrected chi connectivity index (χ3v) is 6.21. The molecule has 27 heavy (non-hydrogen) atoms. The third-order valence-electron chi connectivity index (χ3n) is 5.17. The van der Waals surface area contributed by atoms with Gasteiger partial charge in [0.1, 0.15) is 0 Å². The van der Waals surface area contributed by atoms with Gasteiger partial charge in [-0.05, 0) is 38.8 Å². The van der Waals surface area contributed by atoms with Crippen molar-refractivity contribution in [2.24, 2.45) is 0 Å². The summed E-state index contributed by atoms with van der Waals surface area (Å²) in [7, 11) is 0. The zero-order valence-corrected chi connectivity index (χ0v) is 16.2. The van der Waals surface area contributed by atoms with Crippen LogP contribution in [0, 0.1) is 0 Å². The van der Waals surface area contributed by atoms with Gasteiger partial charge in [0, 0.05) is 41.0 Å². The number of aromatic nitrogens is 4. The largest absolute Gasteiger partial charge is 0.305 e. The summed E-state index contributed by atoms with van der Waals surface area (Å²) >= 11 is 1.77. The first-order chi connectivity index (χ1) is 13.1. The van der Waals surface area contributed by atoms with E-state index in [2.05, 4.69) is 23.9 Å². The van der Waals surface area contributed by atoms with Gasteiger partial charge in [0.2, 0.25) is 0 Å². The second kappa shape index (κ2) is 6.34. The molecule has 1 aliphatic carbocycles. The third kappa shape index (κ3) is 2.81. The smallest absolute Gasteiger partial charge is 0.259 e. The van der Waals surface area contributed by atoms with E-state index in [0.717, 1.165) is 45.9 Å². The fourth-order valence-electron chi connectivity index (χ4n) is 3.60. The summed E-state index contributed by atoms with van der Waals surface area (Å²) in [5.74, 6) is 1.38. The van der Waals surface area contributed by atoms with Crippen LogP contribution in [-0.4, -0.2) is 38.0 Å². The first kappa shape index (κ1) is 16.7. The summed E-state index contributed by atoms with van der Waals surface area (Å²) in [6, 6.07) is 4.17. The van der Waals surface area contributed by atoms with E-state index in [9.17, 15) is 4.79 Å². The minimum atomic E-state index is 0.0159. The number of rotatable bonds is 3. The molecule has 4 heterocycles.